The van der Waals surface area contributed by atoms with Gasteiger partial charge >= 0.3 is 5.97 Å². The van der Waals surface area contributed by atoms with Crippen molar-refractivity contribution in [2.24, 2.45) is 0 Å². The fraction of sp³-hybridized carbons (Fsp3) is 0.176. The van der Waals surface area contributed by atoms with Gasteiger partial charge in [-0.3, -0.25) is 4.79 Å². The fourth-order valence-electron chi connectivity index (χ4n) is 1.95. The molecule has 2 N–H and O–H groups in total. The Hall–Kier alpha value is -2.67. The lowest BCUT2D eigenvalue weighted by atomic mass is 10.2. The summed E-state index contributed by atoms with van der Waals surface area (Å²) in [6.45, 7) is 0. The van der Waals surface area contributed by atoms with Gasteiger partial charge in [-0.25, -0.2) is 4.79 Å². The molecule has 0 heterocycles. The highest BCUT2D eigenvalue weighted by atomic mass is 32.2. The summed E-state index contributed by atoms with van der Waals surface area (Å²) in [5.41, 5.74) is 0.727. The van der Waals surface area contributed by atoms with Crippen molar-refractivity contribution in [1.82, 2.24) is 0 Å². The SMILES string of the molecule is COc1ccc(SCC(=O)Nc2ccc(C(=O)O)cc2)cc1OC. The van der Waals surface area contributed by atoms with E-state index < -0.39 is 5.97 Å². The lowest BCUT2D eigenvalue weighted by molar-refractivity contribution is -0.113. The van der Waals surface area contributed by atoms with E-state index in [0.717, 1.165) is 4.90 Å². The van der Waals surface area contributed by atoms with Gasteiger partial charge in [-0.15, -0.1) is 11.8 Å². The van der Waals surface area contributed by atoms with Gasteiger partial charge in [0.2, 0.25) is 5.91 Å². The second-order valence-electron chi connectivity index (χ2n) is 4.74. The smallest absolute Gasteiger partial charge is 0.335 e. The molecule has 24 heavy (non-hydrogen) atoms. The number of nitrogens with one attached hydrogen (secondary N) is 1. The van der Waals surface area contributed by atoms with E-state index >= 15 is 0 Å². The van der Waals surface area contributed by atoms with Gasteiger partial charge < -0.3 is 19.9 Å². The molecule has 2 aromatic rings. The third-order valence-corrected chi connectivity index (χ3v) is 4.13. The fourth-order valence-corrected chi connectivity index (χ4v) is 2.67. The van der Waals surface area contributed by atoms with Crippen molar-refractivity contribution >= 4 is 29.3 Å². The molecule has 6 nitrogen and oxygen atoms in total. The average Bonchev–Trinajstić information content (AvgIpc) is 2.60. The molecular weight excluding hydrogens is 330 g/mol. The number of ether oxygens (including phenoxy) is 2. The summed E-state index contributed by atoms with van der Waals surface area (Å²) < 4.78 is 10.4. The number of carbonyl (C=O) groups excluding carboxylic acids is 1. The Kier molecular flexibility index (Phi) is 6.08. The van der Waals surface area contributed by atoms with Crippen LogP contribution >= 0.6 is 11.8 Å². The van der Waals surface area contributed by atoms with Crippen molar-refractivity contribution in [3.05, 3.63) is 48.0 Å². The number of anilines is 1. The number of hydrogen-bond acceptors (Lipinski definition) is 5. The van der Waals surface area contributed by atoms with Gasteiger partial charge in [0.25, 0.3) is 0 Å². The van der Waals surface area contributed by atoms with E-state index in [-0.39, 0.29) is 17.2 Å². The maximum Gasteiger partial charge on any atom is 0.335 e. The first-order chi connectivity index (χ1) is 11.5. The number of carbonyl (C=O) groups is 2. The number of rotatable bonds is 7. The third-order valence-electron chi connectivity index (χ3n) is 3.14. The summed E-state index contributed by atoms with van der Waals surface area (Å²) in [7, 11) is 3.12. The van der Waals surface area contributed by atoms with Crippen LogP contribution in [-0.4, -0.2) is 37.0 Å². The van der Waals surface area contributed by atoms with Crippen LogP contribution in [0, 0.1) is 0 Å². The van der Waals surface area contributed by atoms with Crippen molar-refractivity contribution in [3.8, 4) is 11.5 Å². The highest BCUT2D eigenvalue weighted by Crippen LogP contribution is 2.31. The van der Waals surface area contributed by atoms with Gasteiger partial charge in [0.15, 0.2) is 11.5 Å². The number of methoxy groups -OCH3 is 2. The van der Waals surface area contributed by atoms with Crippen LogP contribution < -0.4 is 14.8 Å². The Morgan fingerprint density at radius 3 is 2.29 bits per heavy atom. The van der Waals surface area contributed by atoms with Gasteiger partial charge in [-0.2, -0.15) is 0 Å². The molecule has 0 unspecified atom stereocenters. The highest BCUT2D eigenvalue weighted by Gasteiger charge is 2.08. The molecule has 0 atom stereocenters. The van der Waals surface area contributed by atoms with Crippen LogP contribution in [0.2, 0.25) is 0 Å². The number of carboxylic acids is 1. The maximum absolute atomic E-state index is 12.0. The number of thioether (sulfide) groups is 1. The van der Waals surface area contributed by atoms with Gasteiger partial charge in [-0.05, 0) is 42.5 Å². The van der Waals surface area contributed by atoms with Crippen molar-refractivity contribution in [1.29, 1.82) is 0 Å². The summed E-state index contributed by atoms with van der Waals surface area (Å²) in [4.78, 5) is 23.6. The van der Waals surface area contributed by atoms with Gasteiger partial charge in [0.1, 0.15) is 0 Å². The van der Waals surface area contributed by atoms with Crippen LogP contribution in [0.25, 0.3) is 0 Å². The lowest BCUT2D eigenvalue weighted by Crippen LogP contribution is -2.14. The largest absolute Gasteiger partial charge is 0.493 e. The monoisotopic (exact) mass is 347 g/mol. The predicted octanol–water partition coefficient (Wildman–Crippen LogP) is 3.13. The Morgan fingerprint density at radius 1 is 1.04 bits per heavy atom. The van der Waals surface area contributed by atoms with Crippen LogP contribution in [0.4, 0.5) is 5.69 Å². The molecule has 0 saturated carbocycles. The molecule has 0 aliphatic rings. The standard InChI is InChI=1S/C17H17NO5S/c1-22-14-8-7-13(9-15(14)23-2)24-10-16(19)18-12-5-3-11(4-6-12)17(20)21/h3-9H,10H2,1-2H3,(H,18,19)(H,20,21). The van der Waals surface area contributed by atoms with Crippen molar-refractivity contribution in [3.63, 3.8) is 0 Å². The molecule has 7 heteroatoms. The Labute approximate surface area is 143 Å². The van der Waals surface area contributed by atoms with Crippen LogP contribution in [-0.2, 0) is 4.79 Å². The number of benzene rings is 2. The predicted molar refractivity (Wildman–Crippen MR) is 92.3 cm³/mol. The topological polar surface area (TPSA) is 84.9 Å². The molecule has 0 bridgehead atoms. The Bertz CT molecular complexity index is 730. The van der Waals surface area contributed by atoms with Gasteiger partial charge in [0.05, 0.1) is 25.5 Å². The summed E-state index contributed by atoms with van der Waals surface area (Å²) in [5.74, 6) is 0.266. The Morgan fingerprint density at radius 2 is 1.71 bits per heavy atom. The van der Waals surface area contributed by atoms with Crippen molar-refractivity contribution in [2.75, 3.05) is 25.3 Å². The van der Waals surface area contributed by atoms with E-state index in [4.69, 9.17) is 14.6 Å². The van der Waals surface area contributed by atoms with E-state index in [9.17, 15) is 9.59 Å². The van der Waals surface area contributed by atoms with Gasteiger partial charge in [0, 0.05) is 10.6 Å². The first kappa shape index (κ1) is 17.7. The Balaban J connectivity index is 1.92. The molecule has 0 aliphatic heterocycles. The minimum atomic E-state index is -1.00. The quantitative estimate of drug-likeness (QED) is 0.749. The van der Waals surface area contributed by atoms with Crippen molar-refractivity contribution in [2.45, 2.75) is 4.90 Å². The average molecular weight is 347 g/mol. The second-order valence-corrected chi connectivity index (χ2v) is 5.78. The third kappa shape index (κ3) is 4.66. The zero-order valence-electron chi connectivity index (χ0n) is 13.2. The molecule has 0 fully saturated rings. The number of carboxylic acid groups (broad SMARTS) is 1. The first-order valence-electron chi connectivity index (χ1n) is 7.01. The second kappa shape index (κ2) is 8.26. The van der Waals surface area contributed by atoms with E-state index in [1.165, 1.54) is 23.9 Å². The molecule has 126 valence electrons. The van der Waals surface area contributed by atoms with Gasteiger partial charge in [-0.1, -0.05) is 0 Å². The maximum atomic E-state index is 12.0. The number of aromatic carboxylic acids is 1. The summed E-state index contributed by atoms with van der Waals surface area (Å²) >= 11 is 1.36. The van der Waals surface area contributed by atoms with E-state index in [1.807, 2.05) is 6.07 Å². The minimum absolute atomic E-state index is 0.174. The lowest BCUT2D eigenvalue weighted by Gasteiger charge is -2.09. The van der Waals surface area contributed by atoms with Crippen LogP contribution in [0.1, 0.15) is 10.4 Å². The van der Waals surface area contributed by atoms with E-state index in [0.29, 0.717) is 17.2 Å². The summed E-state index contributed by atoms with van der Waals surface area (Å²) in [6, 6.07) is 11.4. The van der Waals surface area contributed by atoms with E-state index in [1.54, 1.807) is 38.5 Å². The highest BCUT2D eigenvalue weighted by molar-refractivity contribution is 8.00. The first-order valence-corrected chi connectivity index (χ1v) is 8.00. The zero-order valence-corrected chi connectivity index (χ0v) is 14.1. The molecule has 2 rings (SSSR count). The normalized spacial score (nSPS) is 10.1. The number of amides is 1. The summed E-state index contributed by atoms with van der Waals surface area (Å²) in [5, 5.41) is 11.6. The summed E-state index contributed by atoms with van der Waals surface area (Å²) in [6.07, 6.45) is 0. The van der Waals surface area contributed by atoms with E-state index in [2.05, 4.69) is 5.32 Å². The molecule has 0 radical (unpaired) electrons. The van der Waals surface area contributed by atoms with Crippen molar-refractivity contribution < 1.29 is 24.2 Å². The molecule has 0 spiro atoms. The van der Waals surface area contributed by atoms with Crippen LogP contribution in [0.3, 0.4) is 0 Å². The van der Waals surface area contributed by atoms with Crippen LogP contribution in [0.5, 0.6) is 11.5 Å². The molecule has 0 aromatic heterocycles. The molecule has 0 saturated heterocycles. The number of hydrogen-bond donors (Lipinski definition) is 2. The molecule has 1 amide bonds. The van der Waals surface area contributed by atoms with Crippen LogP contribution in [0.15, 0.2) is 47.4 Å². The molecule has 2 aromatic carbocycles. The zero-order chi connectivity index (χ0) is 17.5. The molecule has 0 aliphatic carbocycles. The molecular formula is C17H17NO5S. The minimum Gasteiger partial charge on any atom is -0.493 e.